The van der Waals surface area contributed by atoms with Gasteiger partial charge in [0.2, 0.25) is 5.91 Å². The lowest BCUT2D eigenvalue weighted by Crippen LogP contribution is -2.45. The van der Waals surface area contributed by atoms with Crippen LogP contribution in [0, 0.1) is 0 Å². The van der Waals surface area contributed by atoms with Gasteiger partial charge in [-0.3, -0.25) is 14.3 Å². The zero-order chi connectivity index (χ0) is 16.6. The van der Waals surface area contributed by atoms with Gasteiger partial charge in [-0.25, -0.2) is 0 Å². The van der Waals surface area contributed by atoms with E-state index in [-0.39, 0.29) is 17.4 Å². The van der Waals surface area contributed by atoms with Crippen molar-refractivity contribution in [3.05, 3.63) is 17.5 Å². The van der Waals surface area contributed by atoms with E-state index in [9.17, 15) is 9.59 Å². The van der Waals surface area contributed by atoms with Crippen LogP contribution in [0.3, 0.4) is 0 Å². The number of rotatable bonds is 3. The molecule has 1 aromatic heterocycles. The smallest absolute Gasteiger partial charge is 0.272 e. The molecule has 1 aliphatic carbocycles. The molecule has 1 aliphatic heterocycles. The summed E-state index contributed by atoms with van der Waals surface area (Å²) < 4.78 is 1.97. The summed E-state index contributed by atoms with van der Waals surface area (Å²) in [6, 6.07) is 1.45. The van der Waals surface area contributed by atoms with Crippen molar-refractivity contribution in [2.45, 2.75) is 70.4 Å². The second-order valence-corrected chi connectivity index (χ2v) is 7.62. The molecule has 0 spiro atoms. The average molecular weight is 318 g/mol. The van der Waals surface area contributed by atoms with E-state index in [1.807, 2.05) is 10.7 Å². The molecular weight excluding hydrogens is 292 g/mol. The maximum Gasteiger partial charge on any atom is 0.272 e. The van der Waals surface area contributed by atoms with E-state index in [2.05, 4.69) is 36.5 Å². The van der Waals surface area contributed by atoms with Gasteiger partial charge in [0.1, 0.15) is 11.7 Å². The minimum absolute atomic E-state index is 0.0893. The summed E-state index contributed by atoms with van der Waals surface area (Å²) in [5.74, 6) is 0.176. The average Bonchev–Trinajstić information content (AvgIpc) is 3.24. The van der Waals surface area contributed by atoms with Crippen LogP contribution < -0.4 is 10.6 Å². The fraction of sp³-hybridized carbons (Fsp3) is 0.706. The van der Waals surface area contributed by atoms with Gasteiger partial charge in [-0.15, -0.1) is 0 Å². The van der Waals surface area contributed by atoms with Crippen molar-refractivity contribution >= 4 is 11.8 Å². The van der Waals surface area contributed by atoms with Gasteiger partial charge in [0, 0.05) is 18.2 Å². The van der Waals surface area contributed by atoms with Gasteiger partial charge in [0.25, 0.3) is 5.91 Å². The van der Waals surface area contributed by atoms with Crippen molar-refractivity contribution in [2.24, 2.45) is 0 Å². The molecule has 3 rings (SSSR count). The molecule has 1 aromatic rings. The summed E-state index contributed by atoms with van der Waals surface area (Å²) in [6.45, 7) is 6.96. The third-order valence-corrected chi connectivity index (χ3v) is 4.44. The fourth-order valence-electron chi connectivity index (χ4n) is 3.02. The lowest BCUT2D eigenvalue weighted by Gasteiger charge is -2.22. The SMILES string of the molecule is CC(C)(C)n1nc(C(=O)NC2CCCCNC2=O)cc1C1CC1. The summed E-state index contributed by atoms with van der Waals surface area (Å²) >= 11 is 0. The molecule has 0 radical (unpaired) electrons. The maximum atomic E-state index is 12.5. The van der Waals surface area contributed by atoms with Gasteiger partial charge in [-0.1, -0.05) is 0 Å². The van der Waals surface area contributed by atoms with E-state index in [1.165, 1.54) is 0 Å². The Morgan fingerprint density at radius 2 is 2.04 bits per heavy atom. The molecule has 6 heteroatoms. The largest absolute Gasteiger partial charge is 0.354 e. The van der Waals surface area contributed by atoms with Crippen LogP contribution in [-0.4, -0.2) is 34.2 Å². The normalized spacial score (nSPS) is 22.4. The molecule has 1 saturated carbocycles. The Labute approximate surface area is 137 Å². The highest BCUT2D eigenvalue weighted by atomic mass is 16.2. The van der Waals surface area contributed by atoms with Crippen LogP contribution in [0.1, 0.15) is 75.0 Å². The molecule has 23 heavy (non-hydrogen) atoms. The highest BCUT2D eigenvalue weighted by molar-refractivity contribution is 5.96. The molecule has 1 saturated heterocycles. The second-order valence-electron chi connectivity index (χ2n) is 7.62. The zero-order valence-corrected chi connectivity index (χ0v) is 14.2. The van der Waals surface area contributed by atoms with E-state index < -0.39 is 6.04 Å². The minimum atomic E-state index is -0.450. The molecular formula is C17H26N4O2. The molecule has 1 atom stereocenters. The van der Waals surface area contributed by atoms with Crippen LogP contribution in [0.5, 0.6) is 0 Å². The number of hydrogen-bond donors (Lipinski definition) is 2. The Balaban J connectivity index is 1.78. The molecule has 2 aliphatic rings. The first-order valence-electron chi connectivity index (χ1n) is 8.55. The standard InChI is InChI=1S/C17H26N4O2/c1-17(2,3)21-14(11-7-8-11)10-13(20-21)16(23)19-12-6-4-5-9-18-15(12)22/h10-12H,4-9H2,1-3H3,(H,18,22)(H,19,23). The van der Waals surface area contributed by atoms with Crippen molar-refractivity contribution in [3.8, 4) is 0 Å². The molecule has 2 N–H and O–H groups in total. The zero-order valence-electron chi connectivity index (χ0n) is 14.2. The summed E-state index contributed by atoms with van der Waals surface area (Å²) in [4.78, 5) is 24.5. The van der Waals surface area contributed by atoms with Crippen molar-refractivity contribution in [1.29, 1.82) is 0 Å². The Hall–Kier alpha value is -1.85. The van der Waals surface area contributed by atoms with E-state index in [1.54, 1.807) is 0 Å². The second kappa shape index (κ2) is 5.98. The van der Waals surface area contributed by atoms with Crippen molar-refractivity contribution in [3.63, 3.8) is 0 Å². The molecule has 6 nitrogen and oxygen atoms in total. The predicted octanol–water partition coefficient (Wildman–Crippen LogP) is 1.91. The highest BCUT2D eigenvalue weighted by Crippen LogP contribution is 2.41. The topological polar surface area (TPSA) is 76.0 Å². The van der Waals surface area contributed by atoms with Crippen molar-refractivity contribution < 1.29 is 9.59 Å². The monoisotopic (exact) mass is 318 g/mol. The molecule has 1 unspecified atom stereocenters. The highest BCUT2D eigenvalue weighted by Gasteiger charge is 2.33. The van der Waals surface area contributed by atoms with Crippen LogP contribution in [0.25, 0.3) is 0 Å². The third kappa shape index (κ3) is 3.57. The lowest BCUT2D eigenvalue weighted by atomic mass is 10.1. The summed E-state index contributed by atoms with van der Waals surface area (Å²) in [5.41, 5.74) is 1.39. The molecule has 0 bridgehead atoms. The van der Waals surface area contributed by atoms with Crippen molar-refractivity contribution in [1.82, 2.24) is 20.4 Å². The van der Waals surface area contributed by atoms with Gasteiger partial charge >= 0.3 is 0 Å². The van der Waals surface area contributed by atoms with Gasteiger partial charge in [0.05, 0.1) is 5.54 Å². The van der Waals surface area contributed by atoms with Gasteiger partial charge in [0.15, 0.2) is 0 Å². The molecule has 0 aromatic carbocycles. The van der Waals surface area contributed by atoms with E-state index in [4.69, 9.17) is 0 Å². The summed E-state index contributed by atoms with van der Waals surface area (Å²) in [6.07, 6.45) is 4.91. The van der Waals surface area contributed by atoms with Crippen LogP contribution in [0.4, 0.5) is 0 Å². The van der Waals surface area contributed by atoms with Crippen LogP contribution in [0.2, 0.25) is 0 Å². The minimum Gasteiger partial charge on any atom is -0.354 e. The van der Waals surface area contributed by atoms with Crippen LogP contribution in [-0.2, 0) is 10.3 Å². The molecule has 2 heterocycles. The number of nitrogens with one attached hydrogen (secondary N) is 2. The Bertz CT molecular complexity index is 611. The third-order valence-electron chi connectivity index (χ3n) is 4.44. The Kier molecular flexibility index (Phi) is 4.17. The number of nitrogens with zero attached hydrogens (tertiary/aromatic N) is 2. The Morgan fingerprint density at radius 3 is 2.70 bits per heavy atom. The van der Waals surface area contributed by atoms with Gasteiger partial charge in [-0.05, 0) is 58.9 Å². The fourth-order valence-corrected chi connectivity index (χ4v) is 3.02. The number of carbonyl (C=O) groups excluding carboxylic acids is 2. The summed E-state index contributed by atoms with van der Waals surface area (Å²) in [5, 5.41) is 10.2. The number of amides is 2. The summed E-state index contributed by atoms with van der Waals surface area (Å²) in [7, 11) is 0. The number of aromatic nitrogens is 2. The van der Waals surface area contributed by atoms with Gasteiger partial charge < -0.3 is 10.6 Å². The lowest BCUT2D eigenvalue weighted by molar-refractivity contribution is -0.122. The first-order valence-corrected chi connectivity index (χ1v) is 8.55. The number of hydrogen-bond acceptors (Lipinski definition) is 3. The van der Waals surface area contributed by atoms with Crippen LogP contribution >= 0.6 is 0 Å². The maximum absolute atomic E-state index is 12.5. The van der Waals surface area contributed by atoms with Gasteiger partial charge in [-0.2, -0.15) is 5.10 Å². The van der Waals surface area contributed by atoms with E-state index >= 15 is 0 Å². The quantitative estimate of drug-likeness (QED) is 0.894. The Morgan fingerprint density at radius 1 is 1.30 bits per heavy atom. The molecule has 126 valence electrons. The first kappa shape index (κ1) is 16.0. The van der Waals surface area contributed by atoms with E-state index in [0.717, 1.165) is 31.4 Å². The van der Waals surface area contributed by atoms with Crippen LogP contribution in [0.15, 0.2) is 6.07 Å². The molecule has 2 fully saturated rings. The predicted molar refractivity (Wildman–Crippen MR) is 87.3 cm³/mol. The first-order chi connectivity index (χ1) is 10.9. The molecule has 2 amide bonds. The van der Waals surface area contributed by atoms with E-state index in [0.29, 0.717) is 24.6 Å². The number of carbonyl (C=O) groups is 2. The van der Waals surface area contributed by atoms with Crippen molar-refractivity contribution in [2.75, 3.05) is 6.54 Å².